The van der Waals surface area contributed by atoms with E-state index in [2.05, 4.69) is 15.3 Å². The summed E-state index contributed by atoms with van der Waals surface area (Å²) in [6.07, 6.45) is 2.69. The zero-order valence-electron chi connectivity index (χ0n) is 15.4. The van der Waals surface area contributed by atoms with Gasteiger partial charge in [0.15, 0.2) is 0 Å². The summed E-state index contributed by atoms with van der Waals surface area (Å²) in [5.41, 5.74) is 3.03. The Labute approximate surface area is 160 Å². The Morgan fingerprint density at radius 1 is 1.36 bits per heavy atom. The van der Waals surface area contributed by atoms with Gasteiger partial charge in [0.2, 0.25) is 0 Å². The number of amides is 2. The highest BCUT2D eigenvalue weighted by molar-refractivity contribution is 6.00. The fraction of sp³-hybridized carbons (Fsp3) is 0.263. The normalized spacial score (nSPS) is 13.9. The van der Waals surface area contributed by atoms with Gasteiger partial charge in [-0.2, -0.15) is 5.26 Å². The number of benzene rings is 1. The van der Waals surface area contributed by atoms with Crippen LogP contribution in [0.2, 0.25) is 0 Å². The van der Waals surface area contributed by atoms with Crippen LogP contribution >= 0.6 is 0 Å². The Morgan fingerprint density at radius 2 is 2.14 bits per heavy atom. The number of β-amino-alcohol motifs (C(OH)–C–C–N with tert-alkyl or cyclic N) is 1. The van der Waals surface area contributed by atoms with Gasteiger partial charge in [-0.15, -0.1) is 0 Å². The summed E-state index contributed by atoms with van der Waals surface area (Å²) < 4.78 is 7.79. The Kier molecular flexibility index (Phi) is 4.33. The van der Waals surface area contributed by atoms with Crippen LogP contribution in [0.1, 0.15) is 11.3 Å². The third kappa shape index (κ3) is 3.21. The number of aryl methyl sites for hydroxylation is 2. The van der Waals surface area contributed by atoms with Gasteiger partial charge in [0, 0.05) is 19.2 Å². The zero-order chi connectivity index (χ0) is 19.8. The topological polar surface area (TPSA) is 116 Å². The summed E-state index contributed by atoms with van der Waals surface area (Å²) >= 11 is 0. The minimum Gasteiger partial charge on any atom is -0.455 e. The first-order valence-corrected chi connectivity index (χ1v) is 8.68. The largest absolute Gasteiger partial charge is 0.455 e. The van der Waals surface area contributed by atoms with Crippen LogP contribution in [0.25, 0.3) is 11.0 Å². The molecule has 1 aliphatic heterocycles. The molecular formula is C19H18N6O3. The van der Waals surface area contributed by atoms with E-state index in [-0.39, 0.29) is 6.03 Å². The molecule has 0 radical (unpaired) electrons. The van der Waals surface area contributed by atoms with Crippen LogP contribution in [0.4, 0.5) is 10.5 Å². The van der Waals surface area contributed by atoms with Crippen LogP contribution in [0.3, 0.4) is 0 Å². The molecule has 9 heteroatoms. The van der Waals surface area contributed by atoms with Crippen molar-refractivity contribution >= 4 is 22.8 Å². The van der Waals surface area contributed by atoms with E-state index >= 15 is 0 Å². The van der Waals surface area contributed by atoms with E-state index in [1.54, 1.807) is 18.5 Å². The smallest absolute Gasteiger partial charge is 0.322 e. The van der Waals surface area contributed by atoms with Gasteiger partial charge >= 0.3 is 6.03 Å². The molecule has 2 aromatic heterocycles. The molecule has 0 spiro atoms. The molecule has 9 nitrogen and oxygen atoms in total. The lowest BCUT2D eigenvalue weighted by Crippen LogP contribution is -2.54. The van der Waals surface area contributed by atoms with Gasteiger partial charge in [-0.1, -0.05) is 0 Å². The maximum Gasteiger partial charge on any atom is 0.322 e. The Balaban J connectivity index is 1.66. The number of nitrogens with one attached hydrogen (secondary N) is 1. The average molecular weight is 378 g/mol. The molecular weight excluding hydrogens is 360 g/mol. The number of aliphatic hydroxyl groups is 1. The highest BCUT2D eigenvalue weighted by Gasteiger charge is 2.29. The molecule has 3 heterocycles. The Bertz CT molecular complexity index is 1110. The van der Waals surface area contributed by atoms with Gasteiger partial charge in [-0.05, 0) is 18.6 Å². The summed E-state index contributed by atoms with van der Waals surface area (Å²) in [5, 5.41) is 21.2. The van der Waals surface area contributed by atoms with Crippen LogP contribution < -0.4 is 10.1 Å². The number of carbonyl (C=O) groups is 1. The van der Waals surface area contributed by atoms with E-state index in [4.69, 9.17) is 10.00 Å². The molecule has 0 bridgehead atoms. The molecule has 2 N–H and O–H groups in total. The van der Waals surface area contributed by atoms with E-state index in [1.165, 1.54) is 11.1 Å². The molecule has 1 fully saturated rings. The summed E-state index contributed by atoms with van der Waals surface area (Å²) in [6.45, 7) is 2.45. The lowest BCUT2D eigenvalue weighted by Gasteiger charge is -2.35. The summed E-state index contributed by atoms with van der Waals surface area (Å²) in [6, 6.07) is 6.86. The highest BCUT2D eigenvalue weighted by atomic mass is 16.5. The van der Waals surface area contributed by atoms with E-state index in [0.717, 1.165) is 11.1 Å². The second kappa shape index (κ2) is 6.83. The van der Waals surface area contributed by atoms with Gasteiger partial charge in [-0.25, -0.2) is 14.8 Å². The summed E-state index contributed by atoms with van der Waals surface area (Å²) in [7, 11) is 1.85. The summed E-state index contributed by atoms with van der Waals surface area (Å²) in [4.78, 5) is 22.3. The van der Waals surface area contributed by atoms with Crippen molar-refractivity contribution in [2.24, 2.45) is 7.05 Å². The number of nitrogens with zero attached hydrogens (tertiary/aromatic N) is 5. The molecule has 28 heavy (non-hydrogen) atoms. The standard InChI is InChI=1S/C19H18N6O3/c1-11-3-12(6-20)21-7-17(11)28-14-4-15(18-16(5-14)24(2)10-22-18)23-19(27)25-8-13(26)9-25/h3-5,7,10,13,26H,8-9H2,1-2H3,(H,23,27). The SMILES string of the molecule is Cc1cc(C#N)ncc1Oc1cc(NC(=O)N2CC(O)C2)c2ncn(C)c2c1. The number of imidazole rings is 1. The number of carbonyl (C=O) groups excluding carboxylic acids is 1. The number of aliphatic hydroxyl groups excluding tert-OH is 1. The number of aromatic nitrogens is 3. The number of hydrogen-bond acceptors (Lipinski definition) is 6. The number of urea groups is 1. The number of likely N-dealkylation sites (tertiary alicyclic amines) is 1. The van der Waals surface area contributed by atoms with Crippen molar-refractivity contribution in [3.63, 3.8) is 0 Å². The molecule has 1 aliphatic rings. The van der Waals surface area contributed by atoms with Gasteiger partial charge < -0.3 is 24.6 Å². The Morgan fingerprint density at radius 3 is 2.82 bits per heavy atom. The van der Waals surface area contributed by atoms with E-state index in [0.29, 0.717) is 41.5 Å². The first-order valence-electron chi connectivity index (χ1n) is 8.68. The number of anilines is 1. The third-order valence-electron chi connectivity index (χ3n) is 4.60. The maximum atomic E-state index is 12.4. The lowest BCUT2D eigenvalue weighted by molar-refractivity contribution is 0.0309. The third-order valence-corrected chi connectivity index (χ3v) is 4.60. The van der Waals surface area contributed by atoms with Gasteiger partial charge in [0.25, 0.3) is 0 Å². The first kappa shape index (κ1) is 17.8. The number of pyridine rings is 1. The van der Waals surface area contributed by atoms with Crippen LogP contribution in [0, 0.1) is 18.3 Å². The number of nitriles is 1. The second-order valence-electron chi connectivity index (χ2n) is 6.73. The van der Waals surface area contributed by atoms with Crippen molar-refractivity contribution in [2.45, 2.75) is 13.0 Å². The predicted molar refractivity (Wildman–Crippen MR) is 101 cm³/mol. The van der Waals surface area contributed by atoms with Crippen LogP contribution in [-0.2, 0) is 7.05 Å². The maximum absolute atomic E-state index is 12.4. The second-order valence-corrected chi connectivity index (χ2v) is 6.73. The highest BCUT2D eigenvalue weighted by Crippen LogP contribution is 2.32. The van der Waals surface area contributed by atoms with Crippen molar-refractivity contribution in [3.8, 4) is 17.6 Å². The fourth-order valence-electron chi connectivity index (χ4n) is 3.01. The molecule has 142 valence electrons. The zero-order valence-corrected chi connectivity index (χ0v) is 15.4. The minimum atomic E-state index is -0.470. The molecule has 0 atom stereocenters. The van der Waals surface area contributed by atoms with Crippen LogP contribution in [0.5, 0.6) is 11.5 Å². The molecule has 0 aliphatic carbocycles. The fourth-order valence-corrected chi connectivity index (χ4v) is 3.01. The molecule has 4 rings (SSSR count). The van der Waals surface area contributed by atoms with Crippen molar-refractivity contribution in [1.29, 1.82) is 5.26 Å². The molecule has 3 aromatic rings. The van der Waals surface area contributed by atoms with Crippen LogP contribution in [0.15, 0.2) is 30.7 Å². The number of rotatable bonds is 3. The molecule has 0 unspecified atom stereocenters. The van der Waals surface area contributed by atoms with Crippen molar-refractivity contribution in [1.82, 2.24) is 19.4 Å². The van der Waals surface area contributed by atoms with E-state index in [1.807, 2.05) is 30.7 Å². The van der Waals surface area contributed by atoms with Crippen molar-refractivity contribution in [3.05, 3.63) is 42.0 Å². The average Bonchev–Trinajstić information content (AvgIpc) is 3.02. The van der Waals surface area contributed by atoms with Gasteiger partial charge in [0.05, 0.1) is 42.9 Å². The minimum absolute atomic E-state index is 0.300. The number of ether oxygens (including phenoxy) is 1. The molecule has 2 amide bonds. The van der Waals surface area contributed by atoms with Crippen LogP contribution in [-0.4, -0.2) is 49.8 Å². The molecule has 1 saturated heterocycles. The summed E-state index contributed by atoms with van der Waals surface area (Å²) in [5.74, 6) is 1.02. The van der Waals surface area contributed by atoms with Crippen molar-refractivity contribution in [2.75, 3.05) is 18.4 Å². The van der Waals surface area contributed by atoms with E-state index in [9.17, 15) is 9.90 Å². The monoisotopic (exact) mass is 378 g/mol. The van der Waals surface area contributed by atoms with E-state index < -0.39 is 6.10 Å². The first-order chi connectivity index (χ1) is 13.4. The van der Waals surface area contributed by atoms with Gasteiger partial charge in [0.1, 0.15) is 28.8 Å². The molecule has 0 saturated carbocycles. The number of fused-ring (bicyclic) bond motifs is 1. The lowest BCUT2D eigenvalue weighted by atomic mass is 10.2. The quantitative estimate of drug-likeness (QED) is 0.721. The Hall–Kier alpha value is -3.64. The molecule has 1 aromatic carbocycles. The predicted octanol–water partition coefficient (Wildman–Crippen LogP) is 2.15. The van der Waals surface area contributed by atoms with Crippen molar-refractivity contribution < 1.29 is 14.6 Å². The number of hydrogen-bond donors (Lipinski definition) is 2. The van der Waals surface area contributed by atoms with Gasteiger partial charge in [-0.3, -0.25) is 0 Å².